The van der Waals surface area contributed by atoms with Crippen molar-refractivity contribution in [2.75, 3.05) is 43.4 Å². The van der Waals surface area contributed by atoms with Crippen LogP contribution in [0.2, 0.25) is 0 Å². The normalized spacial score (nSPS) is 15.6. The number of fused-ring (bicyclic) bond motifs is 1. The first-order valence-electron chi connectivity index (χ1n) is 8.34. The number of hydrogen-bond donors (Lipinski definition) is 1. The fraction of sp³-hybridized carbons (Fsp3) is 0.333. The van der Waals surface area contributed by atoms with E-state index in [1.807, 2.05) is 35.7 Å². The largest absolute Gasteiger partial charge is 0.345 e. The lowest BCUT2D eigenvalue weighted by Crippen LogP contribution is -2.44. The van der Waals surface area contributed by atoms with E-state index in [1.165, 1.54) is 0 Å². The highest BCUT2D eigenvalue weighted by Crippen LogP contribution is 2.31. The number of nitrogens with zero attached hydrogens (tertiary/aromatic N) is 3. The third-order valence-corrected chi connectivity index (χ3v) is 6.30. The monoisotopic (exact) mass is 372 g/mol. The summed E-state index contributed by atoms with van der Waals surface area (Å²) in [5.74, 6) is 0.0191. The molecule has 5 nitrogen and oxygen atoms in total. The summed E-state index contributed by atoms with van der Waals surface area (Å²) in [6.07, 6.45) is 0.422. The molecule has 7 heteroatoms. The lowest BCUT2D eigenvalue weighted by atomic mass is 10.2. The van der Waals surface area contributed by atoms with Gasteiger partial charge in [0.2, 0.25) is 5.91 Å². The molecule has 1 saturated heterocycles. The van der Waals surface area contributed by atoms with Gasteiger partial charge in [0.25, 0.3) is 0 Å². The maximum absolute atomic E-state index is 12.2. The predicted octanol–water partition coefficient (Wildman–Crippen LogP) is 3.29. The molecule has 1 N–H and O–H groups in total. The number of carbonyl (C=O) groups excluding carboxylic acids is 1. The first-order chi connectivity index (χ1) is 12.2. The Bertz CT molecular complexity index is 866. The highest BCUT2D eigenvalue weighted by Gasteiger charge is 2.17. The van der Waals surface area contributed by atoms with Crippen molar-refractivity contribution < 1.29 is 4.79 Å². The van der Waals surface area contributed by atoms with Gasteiger partial charge in [-0.1, -0.05) is 17.4 Å². The molecular formula is C18H20N4OS2. The predicted molar refractivity (Wildman–Crippen MR) is 106 cm³/mol. The van der Waals surface area contributed by atoms with Gasteiger partial charge in [-0.2, -0.15) is 0 Å². The van der Waals surface area contributed by atoms with Gasteiger partial charge in [-0.05, 0) is 36.7 Å². The van der Waals surface area contributed by atoms with Crippen LogP contribution >= 0.6 is 22.7 Å². The first-order valence-corrected chi connectivity index (χ1v) is 10.0. The Kier molecular flexibility index (Phi) is 4.70. The van der Waals surface area contributed by atoms with Gasteiger partial charge in [0.05, 0.1) is 16.6 Å². The van der Waals surface area contributed by atoms with Crippen molar-refractivity contribution in [2.24, 2.45) is 0 Å². The van der Waals surface area contributed by atoms with Gasteiger partial charge in [0.15, 0.2) is 5.13 Å². The van der Waals surface area contributed by atoms with Crippen LogP contribution in [0.3, 0.4) is 0 Å². The Hall–Kier alpha value is -1.96. The van der Waals surface area contributed by atoms with Crippen molar-refractivity contribution in [1.29, 1.82) is 0 Å². The molecule has 1 aromatic carbocycles. The molecule has 0 aliphatic carbocycles. The maximum atomic E-state index is 12.2. The van der Waals surface area contributed by atoms with Gasteiger partial charge >= 0.3 is 0 Å². The van der Waals surface area contributed by atoms with Crippen LogP contribution in [-0.4, -0.2) is 49.0 Å². The lowest BCUT2D eigenvalue weighted by Gasteiger charge is -2.31. The number of anilines is 2. The molecule has 1 aliphatic rings. The van der Waals surface area contributed by atoms with E-state index >= 15 is 0 Å². The molecule has 1 amide bonds. The number of piperazine rings is 1. The molecular weight excluding hydrogens is 352 g/mol. The fourth-order valence-electron chi connectivity index (χ4n) is 2.90. The third-order valence-electron chi connectivity index (χ3n) is 4.35. The average Bonchev–Trinajstić information content (AvgIpc) is 3.24. The molecule has 130 valence electrons. The summed E-state index contributed by atoms with van der Waals surface area (Å²) in [7, 11) is 2.15. The Morgan fingerprint density at radius 1 is 1.24 bits per heavy atom. The van der Waals surface area contributed by atoms with Gasteiger partial charge < -0.3 is 15.1 Å². The van der Waals surface area contributed by atoms with Crippen molar-refractivity contribution >= 4 is 49.6 Å². The number of hydrogen-bond acceptors (Lipinski definition) is 6. The summed E-state index contributed by atoms with van der Waals surface area (Å²) >= 11 is 3.30. The molecule has 0 radical (unpaired) electrons. The van der Waals surface area contributed by atoms with Gasteiger partial charge in [-0.25, -0.2) is 4.98 Å². The van der Waals surface area contributed by atoms with Crippen LogP contribution in [0.15, 0.2) is 35.7 Å². The van der Waals surface area contributed by atoms with Crippen LogP contribution in [0, 0.1) is 0 Å². The summed E-state index contributed by atoms with van der Waals surface area (Å²) in [4.78, 5) is 22.7. The maximum Gasteiger partial charge on any atom is 0.229 e. The topological polar surface area (TPSA) is 48.5 Å². The zero-order chi connectivity index (χ0) is 17.2. The van der Waals surface area contributed by atoms with E-state index < -0.39 is 0 Å². The molecule has 1 fully saturated rings. The Labute approximate surface area is 154 Å². The molecule has 3 aromatic rings. The minimum atomic E-state index is 0.0191. The molecule has 0 bridgehead atoms. The van der Waals surface area contributed by atoms with Gasteiger partial charge in [-0.3, -0.25) is 4.79 Å². The minimum absolute atomic E-state index is 0.0191. The lowest BCUT2D eigenvalue weighted by molar-refractivity contribution is -0.115. The molecule has 3 heterocycles. The zero-order valence-corrected chi connectivity index (χ0v) is 15.7. The summed E-state index contributed by atoms with van der Waals surface area (Å²) < 4.78 is 1.11. The molecule has 25 heavy (non-hydrogen) atoms. The van der Waals surface area contributed by atoms with E-state index in [1.54, 1.807) is 22.7 Å². The number of rotatable bonds is 4. The number of benzene rings is 1. The molecule has 0 spiro atoms. The molecule has 0 saturated carbocycles. The highest BCUT2D eigenvalue weighted by molar-refractivity contribution is 7.22. The second kappa shape index (κ2) is 7.11. The Balaban J connectivity index is 1.47. The van der Waals surface area contributed by atoms with Crippen LogP contribution in [0.5, 0.6) is 0 Å². The van der Waals surface area contributed by atoms with Crippen molar-refractivity contribution in [3.05, 3.63) is 40.6 Å². The fourth-order valence-corrected chi connectivity index (χ4v) is 4.66. The minimum Gasteiger partial charge on any atom is -0.345 e. The second-order valence-corrected chi connectivity index (χ2v) is 8.31. The number of amides is 1. The van der Waals surface area contributed by atoms with Crippen LogP contribution in [0.1, 0.15) is 4.88 Å². The van der Waals surface area contributed by atoms with E-state index in [0.717, 1.165) is 52.1 Å². The SMILES string of the molecule is CN1CCN(c2nc3ccc(NC(=O)Cc4cccs4)cc3s2)CC1. The summed E-state index contributed by atoms with van der Waals surface area (Å²) in [5.41, 5.74) is 1.83. The third kappa shape index (κ3) is 3.84. The number of nitrogens with one attached hydrogen (secondary N) is 1. The van der Waals surface area contributed by atoms with E-state index in [0.29, 0.717) is 6.42 Å². The van der Waals surface area contributed by atoms with Crippen molar-refractivity contribution in [1.82, 2.24) is 9.88 Å². The quantitative estimate of drug-likeness (QED) is 0.763. The van der Waals surface area contributed by atoms with Crippen molar-refractivity contribution in [3.63, 3.8) is 0 Å². The summed E-state index contributed by atoms with van der Waals surface area (Å²) in [6.45, 7) is 4.17. The first kappa shape index (κ1) is 16.5. The number of aromatic nitrogens is 1. The molecule has 2 aromatic heterocycles. The van der Waals surface area contributed by atoms with Crippen LogP contribution < -0.4 is 10.2 Å². The Morgan fingerprint density at radius 2 is 2.08 bits per heavy atom. The summed E-state index contributed by atoms with van der Waals surface area (Å²) in [6, 6.07) is 9.91. The number of thiophene rings is 1. The van der Waals surface area contributed by atoms with E-state index in [4.69, 9.17) is 4.98 Å². The standard InChI is InChI=1S/C18H20N4OS2/c1-21-6-8-22(9-7-21)18-20-15-5-4-13(11-16(15)25-18)19-17(23)12-14-3-2-10-24-14/h2-5,10-11H,6-9,12H2,1H3,(H,19,23). The van der Waals surface area contributed by atoms with Crippen molar-refractivity contribution in [2.45, 2.75) is 6.42 Å². The van der Waals surface area contributed by atoms with Crippen LogP contribution in [-0.2, 0) is 11.2 Å². The van der Waals surface area contributed by atoms with Crippen LogP contribution in [0.4, 0.5) is 10.8 Å². The zero-order valence-electron chi connectivity index (χ0n) is 14.1. The second-order valence-electron chi connectivity index (χ2n) is 6.27. The van der Waals surface area contributed by atoms with E-state index in [2.05, 4.69) is 22.2 Å². The van der Waals surface area contributed by atoms with Gasteiger partial charge in [0.1, 0.15) is 0 Å². The molecule has 0 atom stereocenters. The summed E-state index contributed by atoms with van der Waals surface area (Å²) in [5, 5.41) is 6.06. The number of carbonyl (C=O) groups is 1. The van der Waals surface area contributed by atoms with E-state index in [9.17, 15) is 4.79 Å². The van der Waals surface area contributed by atoms with Crippen LogP contribution in [0.25, 0.3) is 10.2 Å². The molecule has 4 rings (SSSR count). The number of likely N-dealkylation sites (N-methyl/N-ethyl adjacent to an activating group) is 1. The van der Waals surface area contributed by atoms with Gasteiger partial charge in [-0.15, -0.1) is 11.3 Å². The molecule has 1 aliphatic heterocycles. The van der Waals surface area contributed by atoms with E-state index in [-0.39, 0.29) is 5.91 Å². The van der Waals surface area contributed by atoms with Gasteiger partial charge in [0, 0.05) is 36.7 Å². The smallest absolute Gasteiger partial charge is 0.229 e. The highest BCUT2D eigenvalue weighted by atomic mass is 32.1. The van der Waals surface area contributed by atoms with Crippen molar-refractivity contribution in [3.8, 4) is 0 Å². The molecule has 0 unspecified atom stereocenters. The Morgan fingerprint density at radius 3 is 2.84 bits per heavy atom. The average molecular weight is 373 g/mol. The number of thiazole rings is 1.